The third-order valence-corrected chi connectivity index (χ3v) is 5.11. The second kappa shape index (κ2) is 7.76. The van der Waals surface area contributed by atoms with E-state index in [0.29, 0.717) is 27.1 Å². The topological polar surface area (TPSA) is 86.5 Å². The van der Waals surface area contributed by atoms with Gasteiger partial charge in [0.05, 0.1) is 14.2 Å². The van der Waals surface area contributed by atoms with Crippen molar-refractivity contribution in [2.24, 2.45) is 0 Å². The minimum Gasteiger partial charge on any atom is -0.493 e. The molecule has 3 rings (SSSR count). The molecule has 0 saturated carbocycles. The average molecular weight is 434 g/mol. The van der Waals surface area contributed by atoms with Gasteiger partial charge in [-0.15, -0.1) is 0 Å². The van der Waals surface area contributed by atoms with Crippen LogP contribution in [0.3, 0.4) is 0 Å². The lowest BCUT2D eigenvalue weighted by Gasteiger charge is -2.09. The summed E-state index contributed by atoms with van der Waals surface area (Å²) in [6, 6.07) is 12.5. The molecule has 3 N–H and O–H groups in total. The molecule has 0 aliphatic heterocycles. The lowest BCUT2D eigenvalue weighted by atomic mass is 10.1. The number of aromatic nitrogens is 1. The number of carbonyl (C=O) groups is 1. The number of halogens is 1. The molecule has 134 valence electrons. The SMILES string of the molecule is COc1ccc(Nc2nc(N)c(C(=O)c3ccc(Br)cc3)s2)cc1OC. The predicted molar refractivity (Wildman–Crippen MR) is 107 cm³/mol. The summed E-state index contributed by atoms with van der Waals surface area (Å²) >= 11 is 4.56. The van der Waals surface area contributed by atoms with Crippen molar-refractivity contribution in [2.45, 2.75) is 0 Å². The van der Waals surface area contributed by atoms with E-state index in [1.165, 1.54) is 11.3 Å². The molecule has 0 bridgehead atoms. The number of carbonyl (C=O) groups excluding carboxylic acids is 1. The van der Waals surface area contributed by atoms with Crippen LogP contribution in [0.2, 0.25) is 0 Å². The number of benzene rings is 2. The van der Waals surface area contributed by atoms with Crippen LogP contribution in [0, 0.1) is 0 Å². The number of nitrogens with zero attached hydrogens (tertiary/aromatic N) is 1. The summed E-state index contributed by atoms with van der Waals surface area (Å²) in [5.41, 5.74) is 7.26. The normalized spacial score (nSPS) is 10.4. The first-order valence-electron chi connectivity index (χ1n) is 7.57. The standard InChI is InChI=1S/C18H16BrN3O3S/c1-24-13-8-7-12(9-14(13)25-2)21-18-22-17(20)16(26-18)15(23)10-3-5-11(19)6-4-10/h3-9H,20H2,1-2H3,(H,21,22). The van der Waals surface area contributed by atoms with Crippen LogP contribution in [0.25, 0.3) is 0 Å². The highest BCUT2D eigenvalue weighted by molar-refractivity contribution is 9.10. The maximum atomic E-state index is 12.6. The molecule has 1 heterocycles. The molecule has 6 nitrogen and oxygen atoms in total. The fourth-order valence-corrected chi connectivity index (χ4v) is 3.45. The molecular formula is C18H16BrN3O3S. The fourth-order valence-electron chi connectivity index (χ4n) is 2.32. The van der Waals surface area contributed by atoms with Crippen molar-refractivity contribution in [3.63, 3.8) is 0 Å². The number of nitrogen functional groups attached to an aromatic ring is 1. The van der Waals surface area contributed by atoms with Gasteiger partial charge in [0.2, 0.25) is 5.78 Å². The van der Waals surface area contributed by atoms with Crippen LogP contribution in [0.15, 0.2) is 46.9 Å². The smallest absolute Gasteiger partial charge is 0.206 e. The van der Waals surface area contributed by atoms with Gasteiger partial charge < -0.3 is 20.5 Å². The van der Waals surface area contributed by atoms with Crippen molar-refractivity contribution >= 4 is 49.7 Å². The first kappa shape index (κ1) is 18.2. The van der Waals surface area contributed by atoms with Crippen LogP contribution >= 0.6 is 27.3 Å². The third-order valence-electron chi connectivity index (χ3n) is 3.60. The summed E-state index contributed by atoms with van der Waals surface area (Å²) in [7, 11) is 3.14. The van der Waals surface area contributed by atoms with Crippen molar-refractivity contribution in [3.05, 3.63) is 57.4 Å². The highest BCUT2D eigenvalue weighted by Crippen LogP contribution is 2.34. The van der Waals surface area contributed by atoms with Crippen molar-refractivity contribution in [1.29, 1.82) is 0 Å². The number of methoxy groups -OCH3 is 2. The zero-order valence-electron chi connectivity index (χ0n) is 14.1. The first-order valence-corrected chi connectivity index (χ1v) is 9.18. The van der Waals surface area contributed by atoms with Gasteiger partial charge in [0.25, 0.3) is 0 Å². The molecule has 0 amide bonds. The van der Waals surface area contributed by atoms with Gasteiger partial charge >= 0.3 is 0 Å². The van der Waals surface area contributed by atoms with E-state index in [9.17, 15) is 4.79 Å². The molecule has 8 heteroatoms. The van der Waals surface area contributed by atoms with Gasteiger partial charge in [-0.2, -0.15) is 0 Å². The van der Waals surface area contributed by atoms with Crippen molar-refractivity contribution in [3.8, 4) is 11.5 Å². The van der Waals surface area contributed by atoms with Gasteiger partial charge in [-0.3, -0.25) is 4.79 Å². The summed E-state index contributed by atoms with van der Waals surface area (Å²) in [5.74, 6) is 1.26. The van der Waals surface area contributed by atoms with E-state index in [1.54, 1.807) is 38.5 Å². The van der Waals surface area contributed by atoms with Crippen molar-refractivity contribution in [1.82, 2.24) is 4.98 Å². The third kappa shape index (κ3) is 3.81. The molecule has 3 aromatic rings. The van der Waals surface area contributed by atoms with Gasteiger partial charge in [-0.25, -0.2) is 4.98 Å². The van der Waals surface area contributed by atoms with E-state index in [-0.39, 0.29) is 11.6 Å². The maximum absolute atomic E-state index is 12.6. The quantitative estimate of drug-likeness (QED) is 0.557. The number of nitrogens with one attached hydrogen (secondary N) is 1. The molecule has 0 aliphatic carbocycles. The molecule has 0 aliphatic rings. The molecule has 26 heavy (non-hydrogen) atoms. The number of ether oxygens (including phenoxy) is 2. The minimum atomic E-state index is -0.159. The second-order valence-corrected chi connectivity index (χ2v) is 7.18. The highest BCUT2D eigenvalue weighted by Gasteiger charge is 2.18. The Morgan fingerprint density at radius 2 is 1.81 bits per heavy atom. The molecule has 0 unspecified atom stereocenters. The summed E-state index contributed by atoms with van der Waals surface area (Å²) in [6.07, 6.45) is 0. The number of hydrogen-bond donors (Lipinski definition) is 2. The van der Waals surface area contributed by atoms with E-state index in [4.69, 9.17) is 15.2 Å². The summed E-state index contributed by atoms with van der Waals surface area (Å²) in [4.78, 5) is 17.3. The molecule has 0 atom stereocenters. The molecule has 1 aromatic heterocycles. The van der Waals surface area contributed by atoms with Crippen molar-refractivity contribution in [2.75, 3.05) is 25.3 Å². The monoisotopic (exact) mass is 433 g/mol. The summed E-state index contributed by atoms with van der Waals surface area (Å²) < 4.78 is 11.4. The maximum Gasteiger partial charge on any atom is 0.206 e. The van der Waals surface area contributed by atoms with Crippen LogP contribution in [-0.2, 0) is 0 Å². The van der Waals surface area contributed by atoms with Gasteiger partial charge in [0, 0.05) is 21.8 Å². The number of ketones is 1. The van der Waals surface area contributed by atoms with Crippen LogP contribution in [0.5, 0.6) is 11.5 Å². The Hall–Kier alpha value is -2.58. The van der Waals surface area contributed by atoms with E-state index >= 15 is 0 Å². The summed E-state index contributed by atoms with van der Waals surface area (Å²) in [6.45, 7) is 0. The molecular weight excluding hydrogens is 418 g/mol. The van der Waals surface area contributed by atoms with Gasteiger partial charge in [0.1, 0.15) is 10.7 Å². The van der Waals surface area contributed by atoms with E-state index in [0.717, 1.165) is 10.2 Å². The lowest BCUT2D eigenvalue weighted by molar-refractivity contribution is 0.104. The van der Waals surface area contributed by atoms with Gasteiger partial charge in [0.15, 0.2) is 16.6 Å². The second-order valence-electron chi connectivity index (χ2n) is 5.26. The Labute approximate surface area is 163 Å². The predicted octanol–water partition coefficient (Wildman–Crippen LogP) is 4.48. The average Bonchev–Trinajstić information content (AvgIpc) is 3.01. The number of hydrogen-bond acceptors (Lipinski definition) is 7. The minimum absolute atomic E-state index is 0.159. The zero-order chi connectivity index (χ0) is 18.7. The van der Waals surface area contributed by atoms with Crippen LogP contribution in [-0.4, -0.2) is 25.0 Å². The molecule has 2 aromatic carbocycles. The van der Waals surface area contributed by atoms with Crippen LogP contribution in [0.4, 0.5) is 16.6 Å². The number of anilines is 3. The Morgan fingerprint density at radius 1 is 1.12 bits per heavy atom. The zero-order valence-corrected chi connectivity index (χ0v) is 16.5. The van der Waals surface area contributed by atoms with Gasteiger partial charge in [-0.1, -0.05) is 27.3 Å². The van der Waals surface area contributed by atoms with E-state index < -0.39 is 0 Å². The van der Waals surface area contributed by atoms with Gasteiger partial charge in [-0.05, 0) is 36.4 Å². The number of thiazole rings is 1. The van der Waals surface area contributed by atoms with E-state index in [2.05, 4.69) is 26.2 Å². The molecule has 0 spiro atoms. The van der Waals surface area contributed by atoms with Crippen LogP contribution < -0.4 is 20.5 Å². The van der Waals surface area contributed by atoms with Crippen molar-refractivity contribution < 1.29 is 14.3 Å². The Morgan fingerprint density at radius 3 is 2.46 bits per heavy atom. The fraction of sp³-hybridized carbons (Fsp3) is 0.111. The Bertz CT molecular complexity index is 941. The highest BCUT2D eigenvalue weighted by atomic mass is 79.9. The molecule has 0 saturated heterocycles. The molecule has 0 fully saturated rings. The number of rotatable bonds is 6. The first-order chi connectivity index (χ1) is 12.5. The Kier molecular flexibility index (Phi) is 5.43. The molecule has 0 radical (unpaired) electrons. The largest absolute Gasteiger partial charge is 0.493 e. The number of nitrogens with two attached hydrogens (primary N) is 1. The van der Waals surface area contributed by atoms with Crippen LogP contribution in [0.1, 0.15) is 15.2 Å². The Balaban J connectivity index is 1.84. The summed E-state index contributed by atoms with van der Waals surface area (Å²) in [5, 5.41) is 3.66. The lowest BCUT2D eigenvalue weighted by Crippen LogP contribution is -2.02. The van der Waals surface area contributed by atoms with E-state index in [1.807, 2.05) is 18.2 Å².